The molecule has 1 aromatic rings. The van der Waals surface area contributed by atoms with Gasteiger partial charge in [0.15, 0.2) is 5.75 Å². The average molecular weight is 256 g/mol. The smallest absolute Gasteiger partial charge is 0.317 e. The third-order valence-corrected chi connectivity index (χ3v) is 2.19. The second-order valence-electron chi connectivity index (χ2n) is 3.76. The largest absolute Gasteiger partial charge is 0.486 e. The van der Waals surface area contributed by atoms with Crippen LogP contribution in [-0.2, 0) is 0 Å². The van der Waals surface area contributed by atoms with E-state index < -0.39 is 15.5 Å². The highest BCUT2D eigenvalue weighted by atomic mass is 16.6. The van der Waals surface area contributed by atoms with Crippen molar-refractivity contribution < 1.29 is 19.7 Å². The number of benzene rings is 1. The lowest BCUT2D eigenvalue weighted by Crippen LogP contribution is -2.12. The number of hydrogen-bond donors (Lipinski definition) is 1. The van der Waals surface area contributed by atoms with Gasteiger partial charge in [-0.05, 0) is 6.07 Å². The van der Waals surface area contributed by atoms with Gasteiger partial charge in [0.2, 0.25) is 0 Å². The molecule has 8 heteroatoms. The summed E-state index contributed by atoms with van der Waals surface area (Å²) < 4.78 is 5.16. The van der Waals surface area contributed by atoms with E-state index in [9.17, 15) is 20.2 Å². The standard InChI is InChI=1S/C10H12N2O6/c1-7(5-13)6-18-10-3-2-8(11(14)15)4-9(10)12(16)17/h2-4,7,13H,5-6H2,1H3. The molecular weight excluding hydrogens is 244 g/mol. The molecule has 1 aromatic carbocycles. The molecule has 0 aliphatic carbocycles. The molecule has 0 fully saturated rings. The number of nitro benzene ring substituents is 2. The first kappa shape index (κ1) is 13.8. The molecule has 18 heavy (non-hydrogen) atoms. The summed E-state index contributed by atoms with van der Waals surface area (Å²) in [5.41, 5.74) is -0.835. The summed E-state index contributed by atoms with van der Waals surface area (Å²) in [6.45, 7) is 1.69. The molecule has 0 aliphatic heterocycles. The lowest BCUT2D eigenvalue weighted by Gasteiger charge is -2.10. The fourth-order valence-corrected chi connectivity index (χ4v) is 1.17. The summed E-state index contributed by atoms with van der Waals surface area (Å²) in [6, 6.07) is 3.16. The molecule has 1 unspecified atom stereocenters. The van der Waals surface area contributed by atoms with Crippen molar-refractivity contribution in [1.82, 2.24) is 0 Å². The Kier molecular flexibility index (Phi) is 4.55. The van der Waals surface area contributed by atoms with Gasteiger partial charge in [-0.15, -0.1) is 0 Å². The Morgan fingerprint density at radius 1 is 1.33 bits per heavy atom. The van der Waals surface area contributed by atoms with Crippen LogP contribution in [0.15, 0.2) is 18.2 Å². The van der Waals surface area contributed by atoms with Crippen LogP contribution in [0.2, 0.25) is 0 Å². The maximum Gasteiger partial charge on any atom is 0.317 e. The Morgan fingerprint density at radius 2 is 2.00 bits per heavy atom. The molecule has 1 rings (SSSR count). The Balaban J connectivity index is 2.97. The zero-order chi connectivity index (χ0) is 13.7. The van der Waals surface area contributed by atoms with E-state index in [2.05, 4.69) is 0 Å². The number of hydrogen-bond acceptors (Lipinski definition) is 6. The van der Waals surface area contributed by atoms with Crippen LogP contribution in [0.1, 0.15) is 6.92 Å². The molecule has 0 spiro atoms. The quantitative estimate of drug-likeness (QED) is 0.609. The molecular formula is C10H12N2O6. The molecule has 1 atom stereocenters. The van der Waals surface area contributed by atoms with Crippen LogP contribution in [0.5, 0.6) is 5.75 Å². The van der Waals surface area contributed by atoms with Gasteiger partial charge in [0, 0.05) is 18.6 Å². The second kappa shape index (κ2) is 5.92. The van der Waals surface area contributed by atoms with Crippen molar-refractivity contribution in [3.05, 3.63) is 38.4 Å². The molecule has 0 bridgehead atoms. The van der Waals surface area contributed by atoms with E-state index in [1.807, 2.05) is 0 Å². The zero-order valence-electron chi connectivity index (χ0n) is 9.61. The van der Waals surface area contributed by atoms with Crippen LogP contribution >= 0.6 is 0 Å². The van der Waals surface area contributed by atoms with Crippen molar-refractivity contribution in [2.45, 2.75) is 6.92 Å². The van der Waals surface area contributed by atoms with E-state index in [0.717, 1.165) is 12.1 Å². The molecule has 8 nitrogen and oxygen atoms in total. The number of non-ortho nitro benzene ring substituents is 1. The van der Waals surface area contributed by atoms with Crippen LogP contribution in [0.3, 0.4) is 0 Å². The summed E-state index contributed by atoms with van der Waals surface area (Å²) in [5, 5.41) is 30.1. The van der Waals surface area contributed by atoms with Crippen LogP contribution in [0.25, 0.3) is 0 Å². The molecule has 1 N–H and O–H groups in total. The molecule has 0 aliphatic rings. The number of nitro groups is 2. The van der Waals surface area contributed by atoms with E-state index in [1.165, 1.54) is 6.07 Å². The number of aliphatic hydroxyl groups is 1. The normalized spacial score (nSPS) is 11.9. The lowest BCUT2D eigenvalue weighted by molar-refractivity contribution is -0.394. The first-order valence-corrected chi connectivity index (χ1v) is 5.12. The fourth-order valence-electron chi connectivity index (χ4n) is 1.17. The van der Waals surface area contributed by atoms with Gasteiger partial charge in [-0.2, -0.15) is 0 Å². The maximum absolute atomic E-state index is 10.8. The molecule has 0 heterocycles. The Labute approximate surface area is 102 Å². The minimum Gasteiger partial charge on any atom is -0.486 e. The van der Waals surface area contributed by atoms with Crippen LogP contribution in [-0.4, -0.2) is 28.2 Å². The van der Waals surface area contributed by atoms with Crippen molar-refractivity contribution in [3.63, 3.8) is 0 Å². The van der Waals surface area contributed by atoms with Gasteiger partial charge < -0.3 is 9.84 Å². The minimum atomic E-state index is -0.744. The maximum atomic E-state index is 10.8. The summed E-state index contributed by atoms with van der Waals surface area (Å²) >= 11 is 0. The van der Waals surface area contributed by atoms with Gasteiger partial charge in [-0.1, -0.05) is 6.92 Å². The van der Waals surface area contributed by atoms with Crippen molar-refractivity contribution in [2.75, 3.05) is 13.2 Å². The van der Waals surface area contributed by atoms with E-state index in [4.69, 9.17) is 9.84 Å². The van der Waals surface area contributed by atoms with Gasteiger partial charge in [-0.25, -0.2) is 0 Å². The number of nitrogens with zero attached hydrogens (tertiary/aromatic N) is 2. The third-order valence-electron chi connectivity index (χ3n) is 2.19. The van der Waals surface area contributed by atoms with E-state index in [0.29, 0.717) is 0 Å². The second-order valence-corrected chi connectivity index (χ2v) is 3.76. The topological polar surface area (TPSA) is 116 Å². The van der Waals surface area contributed by atoms with Gasteiger partial charge in [0.25, 0.3) is 5.69 Å². The average Bonchev–Trinajstić information content (AvgIpc) is 2.35. The van der Waals surface area contributed by atoms with Gasteiger partial charge in [-0.3, -0.25) is 20.2 Å². The Hall–Kier alpha value is -2.22. The van der Waals surface area contributed by atoms with Crippen molar-refractivity contribution in [1.29, 1.82) is 0 Å². The summed E-state index contributed by atoms with van der Waals surface area (Å²) in [4.78, 5) is 19.8. The Morgan fingerprint density at radius 3 is 2.50 bits per heavy atom. The van der Waals surface area contributed by atoms with Crippen LogP contribution < -0.4 is 4.74 Å². The zero-order valence-corrected chi connectivity index (χ0v) is 9.61. The molecule has 0 radical (unpaired) electrons. The van der Waals surface area contributed by atoms with Crippen molar-refractivity contribution in [3.8, 4) is 5.75 Å². The van der Waals surface area contributed by atoms with Gasteiger partial charge in [0.05, 0.1) is 22.5 Å². The first-order chi connectivity index (χ1) is 8.45. The predicted molar refractivity (Wildman–Crippen MR) is 61.5 cm³/mol. The monoisotopic (exact) mass is 256 g/mol. The molecule has 0 amide bonds. The van der Waals surface area contributed by atoms with Crippen molar-refractivity contribution in [2.24, 2.45) is 5.92 Å². The van der Waals surface area contributed by atoms with E-state index >= 15 is 0 Å². The third kappa shape index (κ3) is 3.39. The van der Waals surface area contributed by atoms with Gasteiger partial charge in [0.1, 0.15) is 0 Å². The molecule has 0 saturated carbocycles. The minimum absolute atomic E-state index is 0.0501. The predicted octanol–water partition coefficient (Wildman–Crippen LogP) is 1.51. The SMILES string of the molecule is CC(CO)COc1ccc([N+](=O)[O-])cc1[N+](=O)[O-]. The summed E-state index contributed by atoms with van der Waals surface area (Å²) in [5.74, 6) is -0.231. The highest BCUT2D eigenvalue weighted by Crippen LogP contribution is 2.31. The fraction of sp³-hybridized carbons (Fsp3) is 0.400. The molecule has 98 valence electrons. The van der Waals surface area contributed by atoms with E-state index in [1.54, 1.807) is 6.92 Å². The van der Waals surface area contributed by atoms with Crippen LogP contribution in [0, 0.1) is 26.1 Å². The van der Waals surface area contributed by atoms with Gasteiger partial charge >= 0.3 is 5.69 Å². The van der Waals surface area contributed by atoms with Crippen LogP contribution in [0.4, 0.5) is 11.4 Å². The molecule has 0 aromatic heterocycles. The first-order valence-electron chi connectivity index (χ1n) is 5.12. The summed E-state index contributed by atoms with van der Waals surface area (Å²) in [6.07, 6.45) is 0. The highest BCUT2D eigenvalue weighted by Gasteiger charge is 2.20. The lowest BCUT2D eigenvalue weighted by atomic mass is 10.2. The van der Waals surface area contributed by atoms with E-state index in [-0.39, 0.29) is 30.6 Å². The molecule has 0 saturated heterocycles. The summed E-state index contributed by atoms with van der Waals surface area (Å²) in [7, 11) is 0. The number of ether oxygens (including phenoxy) is 1. The number of rotatable bonds is 6. The number of aliphatic hydroxyl groups excluding tert-OH is 1. The van der Waals surface area contributed by atoms with Crippen molar-refractivity contribution >= 4 is 11.4 Å². The highest BCUT2D eigenvalue weighted by molar-refractivity contribution is 5.53. The Bertz CT molecular complexity index is 462.